The van der Waals surface area contributed by atoms with Crippen LogP contribution in [0.2, 0.25) is 5.02 Å². The van der Waals surface area contributed by atoms with E-state index in [1.807, 2.05) is 31.2 Å². The second kappa shape index (κ2) is 5.72. The Balaban J connectivity index is 2.24. The van der Waals surface area contributed by atoms with E-state index in [9.17, 15) is 4.39 Å². The van der Waals surface area contributed by atoms with E-state index >= 15 is 0 Å². The quantitative estimate of drug-likeness (QED) is 0.794. The van der Waals surface area contributed by atoms with E-state index in [1.54, 1.807) is 12.1 Å². The number of hydrogen-bond acceptors (Lipinski definition) is 1. The summed E-state index contributed by atoms with van der Waals surface area (Å²) in [4.78, 5) is 0. The number of anilines is 1. The lowest BCUT2D eigenvalue weighted by Gasteiger charge is -2.17. The summed E-state index contributed by atoms with van der Waals surface area (Å²) in [6.07, 6.45) is 0. The third-order valence-electron chi connectivity index (χ3n) is 2.67. The molecule has 1 N–H and O–H groups in total. The van der Waals surface area contributed by atoms with Gasteiger partial charge in [-0.25, -0.2) is 4.39 Å². The predicted octanol–water partition coefficient (Wildman–Crippen LogP) is 5.41. The molecule has 0 aliphatic heterocycles. The first-order valence-electron chi connectivity index (χ1n) is 5.54. The maximum absolute atomic E-state index is 13.6. The molecule has 0 saturated carbocycles. The minimum atomic E-state index is -0.280. The summed E-state index contributed by atoms with van der Waals surface area (Å²) in [7, 11) is 0. The van der Waals surface area contributed by atoms with Gasteiger partial charge in [-0.2, -0.15) is 0 Å². The van der Waals surface area contributed by atoms with Crippen molar-refractivity contribution in [3.63, 3.8) is 0 Å². The van der Waals surface area contributed by atoms with Crippen LogP contribution in [0.25, 0.3) is 0 Å². The molecule has 1 atom stereocenters. The topological polar surface area (TPSA) is 12.0 Å². The third kappa shape index (κ3) is 3.03. The standard InChI is InChI=1S/C14H12BrClFN/c1-9(11-4-2-3-5-12(11)16)18-14-8-10(15)6-7-13(14)17/h2-9,18H,1H3. The fourth-order valence-corrected chi connectivity index (χ4v) is 2.41. The van der Waals surface area contributed by atoms with Gasteiger partial charge >= 0.3 is 0 Å². The van der Waals surface area contributed by atoms with Gasteiger partial charge in [-0.1, -0.05) is 45.7 Å². The normalized spacial score (nSPS) is 12.2. The van der Waals surface area contributed by atoms with E-state index in [0.717, 1.165) is 10.0 Å². The van der Waals surface area contributed by atoms with E-state index < -0.39 is 0 Å². The molecule has 94 valence electrons. The van der Waals surface area contributed by atoms with Crippen LogP contribution in [-0.4, -0.2) is 0 Å². The molecule has 2 aromatic carbocycles. The van der Waals surface area contributed by atoms with Gasteiger partial charge in [-0.15, -0.1) is 0 Å². The first-order valence-corrected chi connectivity index (χ1v) is 6.71. The molecule has 1 unspecified atom stereocenters. The van der Waals surface area contributed by atoms with Crippen LogP contribution in [0.4, 0.5) is 10.1 Å². The first-order chi connectivity index (χ1) is 8.58. The molecule has 0 aliphatic carbocycles. The van der Waals surface area contributed by atoms with Crippen LogP contribution in [0.5, 0.6) is 0 Å². The zero-order chi connectivity index (χ0) is 13.1. The second-order valence-electron chi connectivity index (χ2n) is 4.01. The molecule has 1 nitrogen and oxygen atoms in total. The van der Waals surface area contributed by atoms with Crippen molar-refractivity contribution in [1.82, 2.24) is 0 Å². The van der Waals surface area contributed by atoms with Crippen molar-refractivity contribution >= 4 is 33.2 Å². The average molecular weight is 329 g/mol. The minimum Gasteiger partial charge on any atom is -0.376 e. The van der Waals surface area contributed by atoms with E-state index in [1.165, 1.54) is 6.07 Å². The Kier molecular flexibility index (Phi) is 4.25. The molecule has 18 heavy (non-hydrogen) atoms. The van der Waals surface area contributed by atoms with Gasteiger partial charge in [0.1, 0.15) is 5.82 Å². The van der Waals surface area contributed by atoms with Gasteiger partial charge < -0.3 is 5.32 Å². The summed E-state index contributed by atoms with van der Waals surface area (Å²) >= 11 is 9.44. The number of rotatable bonds is 3. The van der Waals surface area contributed by atoms with Crippen molar-refractivity contribution < 1.29 is 4.39 Å². The Morgan fingerprint density at radius 2 is 1.94 bits per heavy atom. The largest absolute Gasteiger partial charge is 0.376 e. The predicted molar refractivity (Wildman–Crippen MR) is 77.6 cm³/mol. The lowest BCUT2D eigenvalue weighted by Crippen LogP contribution is -2.08. The third-order valence-corrected chi connectivity index (χ3v) is 3.51. The number of halogens is 3. The van der Waals surface area contributed by atoms with Crippen LogP contribution < -0.4 is 5.32 Å². The summed E-state index contributed by atoms with van der Waals surface area (Å²) in [6, 6.07) is 12.3. The molecular formula is C14H12BrClFN. The lowest BCUT2D eigenvalue weighted by molar-refractivity contribution is 0.627. The van der Waals surface area contributed by atoms with Crippen LogP contribution in [0, 0.1) is 5.82 Å². The smallest absolute Gasteiger partial charge is 0.146 e. The molecule has 0 saturated heterocycles. The second-order valence-corrected chi connectivity index (χ2v) is 5.33. The molecule has 0 aromatic heterocycles. The molecule has 0 amide bonds. The molecule has 2 aromatic rings. The average Bonchev–Trinajstić information content (AvgIpc) is 2.34. The molecule has 0 aliphatic rings. The Morgan fingerprint density at radius 1 is 1.22 bits per heavy atom. The number of nitrogens with one attached hydrogen (secondary N) is 1. The highest BCUT2D eigenvalue weighted by atomic mass is 79.9. The van der Waals surface area contributed by atoms with Crippen molar-refractivity contribution in [1.29, 1.82) is 0 Å². The van der Waals surface area contributed by atoms with Gasteiger partial charge in [0.15, 0.2) is 0 Å². The summed E-state index contributed by atoms with van der Waals surface area (Å²) < 4.78 is 14.5. The van der Waals surface area contributed by atoms with Crippen molar-refractivity contribution in [3.8, 4) is 0 Å². The summed E-state index contributed by atoms with van der Waals surface area (Å²) in [5.74, 6) is -0.280. The Labute approximate surface area is 119 Å². The van der Waals surface area contributed by atoms with Crippen molar-refractivity contribution in [2.75, 3.05) is 5.32 Å². The number of benzene rings is 2. The summed E-state index contributed by atoms with van der Waals surface area (Å²) in [5, 5.41) is 3.79. The van der Waals surface area contributed by atoms with Gasteiger partial charge in [0.25, 0.3) is 0 Å². The van der Waals surface area contributed by atoms with Gasteiger partial charge in [0.05, 0.1) is 11.7 Å². The fraction of sp³-hybridized carbons (Fsp3) is 0.143. The lowest BCUT2D eigenvalue weighted by atomic mass is 10.1. The molecule has 0 spiro atoms. The molecule has 4 heteroatoms. The zero-order valence-corrected chi connectivity index (χ0v) is 12.1. The van der Waals surface area contributed by atoms with Crippen molar-refractivity contribution in [2.45, 2.75) is 13.0 Å². The van der Waals surface area contributed by atoms with Gasteiger partial charge in [-0.05, 0) is 36.8 Å². The molecule has 2 rings (SSSR count). The Bertz CT molecular complexity index is 559. The zero-order valence-electron chi connectivity index (χ0n) is 9.75. The van der Waals surface area contributed by atoms with Gasteiger partial charge in [0, 0.05) is 9.50 Å². The number of hydrogen-bond donors (Lipinski definition) is 1. The monoisotopic (exact) mass is 327 g/mol. The van der Waals surface area contributed by atoms with Crippen LogP contribution >= 0.6 is 27.5 Å². The van der Waals surface area contributed by atoms with E-state index in [4.69, 9.17) is 11.6 Å². The highest BCUT2D eigenvalue weighted by Crippen LogP contribution is 2.28. The maximum atomic E-state index is 13.6. The molecular weight excluding hydrogens is 317 g/mol. The highest BCUT2D eigenvalue weighted by molar-refractivity contribution is 9.10. The van der Waals surface area contributed by atoms with Crippen molar-refractivity contribution in [2.24, 2.45) is 0 Å². The maximum Gasteiger partial charge on any atom is 0.146 e. The van der Waals surface area contributed by atoms with E-state index in [2.05, 4.69) is 21.2 Å². The first kappa shape index (κ1) is 13.4. The molecule has 0 fully saturated rings. The van der Waals surface area contributed by atoms with Crippen LogP contribution in [-0.2, 0) is 0 Å². The van der Waals surface area contributed by atoms with Gasteiger partial charge in [0.2, 0.25) is 0 Å². The Morgan fingerprint density at radius 3 is 2.67 bits per heavy atom. The fourth-order valence-electron chi connectivity index (χ4n) is 1.75. The van der Waals surface area contributed by atoms with Crippen molar-refractivity contribution in [3.05, 3.63) is 63.3 Å². The summed E-state index contributed by atoms with van der Waals surface area (Å²) in [6.45, 7) is 1.95. The summed E-state index contributed by atoms with van der Waals surface area (Å²) in [5.41, 5.74) is 1.40. The van der Waals surface area contributed by atoms with Gasteiger partial charge in [-0.3, -0.25) is 0 Å². The van der Waals surface area contributed by atoms with E-state index in [-0.39, 0.29) is 11.9 Å². The van der Waals surface area contributed by atoms with E-state index in [0.29, 0.717) is 10.7 Å². The SMILES string of the molecule is CC(Nc1cc(Br)ccc1F)c1ccccc1Cl. The molecule has 0 bridgehead atoms. The molecule has 0 radical (unpaired) electrons. The molecule has 0 heterocycles. The van der Waals surface area contributed by atoms with Crippen LogP contribution in [0.15, 0.2) is 46.9 Å². The minimum absolute atomic E-state index is 0.0671. The van der Waals surface area contributed by atoms with Crippen LogP contribution in [0.3, 0.4) is 0 Å². The highest BCUT2D eigenvalue weighted by Gasteiger charge is 2.11. The Hall–Kier alpha value is -1.06. The van der Waals surface area contributed by atoms with Crippen LogP contribution in [0.1, 0.15) is 18.5 Å².